The Labute approximate surface area is 206 Å². The number of likely N-dealkylation sites (tertiary alicyclic amines) is 1. The van der Waals surface area contributed by atoms with E-state index >= 15 is 0 Å². The highest BCUT2D eigenvalue weighted by molar-refractivity contribution is 6.35. The van der Waals surface area contributed by atoms with Gasteiger partial charge in [0.25, 0.3) is 11.8 Å². The minimum atomic E-state index is -2.70. The molecule has 7 nitrogen and oxygen atoms in total. The molecule has 2 heterocycles. The Balaban J connectivity index is 1.47. The molecule has 1 N–H and O–H groups in total. The Hall–Kier alpha value is -3.20. The first-order chi connectivity index (χ1) is 16.4. The van der Waals surface area contributed by atoms with Gasteiger partial charge in [-0.1, -0.05) is 23.7 Å². The molecule has 0 saturated carbocycles. The van der Waals surface area contributed by atoms with Crippen molar-refractivity contribution in [2.45, 2.75) is 51.7 Å². The number of halogens is 3. The average Bonchev–Trinajstić information content (AvgIpc) is 3.20. The van der Waals surface area contributed by atoms with Gasteiger partial charge in [-0.25, -0.2) is 18.6 Å². The van der Waals surface area contributed by atoms with Crippen molar-refractivity contribution < 1.29 is 27.5 Å². The predicted octanol–water partition coefficient (Wildman–Crippen LogP) is 6.04. The third-order valence-electron chi connectivity index (χ3n) is 5.52. The fourth-order valence-electron chi connectivity index (χ4n) is 3.77. The molecule has 1 aromatic heterocycles. The van der Waals surface area contributed by atoms with Gasteiger partial charge in [0, 0.05) is 31.5 Å². The van der Waals surface area contributed by atoms with Gasteiger partial charge in [-0.2, -0.15) is 0 Å². The molecular formula is C25H26ClF2N3O4. The van der Waals surface area contributed by atoms with Crippen LogP contribution in [0.2, 0.25) is 5.02 Å². The number of oxazole rings is 1. The zero-order chi connectivity index (χ0) is 25.4. The number of alkyl halides is 2. The Morgan fingerprint density at radius 2 is 1.80 bits per heavy atom. The van der Waals surface area contributed by atoms with Crippen LogP contribution in [0.1, 0.15) is 49.9 Å². The summed E-state index contributed by atoms with van der Waals surface area (Å²) >= 11 is 6.41. The number of alkyl carbamates (subject to hydrolysis) is 1. The molecule has 1 aliphatic rings. The number of hydrogen-bond donors (Lipinski definition) is 1. The molecule has 0 atom stereocenters. The second-order valence-electron chi connectivity index (χ2n) is 9.49. The van der Waals surface area contributed by atoms with Gasteiger partial charge >= 0.3 is 6.09 Å². The second kappa shape index (κ2) is 9.45. The molecule has 2 aromatic carbocycles. The maximum Gasteiger partial charge on any atom is 0.408 e. The lowest BCUT2D eigenvalue weighted by Gasteiger charge is -2.31. The highest BCUT2D eigenvalue weighted by Gasteiger charge is 2.35. The van der Waals surface area contributed by atoms with E-state index in [2.05, 4.69) is 10.3 Å². The first kappa shape index (κ1) is 24.9. The molecule has 0 spiro atoms. The molecule has 0 unspecified atom stereocenters. The summed E-state index contributed by atoms with van der Waals surface area (Å²) in [4.78, 5) is 30.4. The lowest BCUT2D eigenvalue weighted by atomic mass is 10.0. The van der Waals surface area contributed by atoms with Crippen LogP contribution in [-0.2, 0) is 11.3 Å². The van der Waals surface area contributed by atoms with Gasteiger partial charge < -0.3 is 19.4 Å². The van der Waals surface area contributed by atoms with Gasteiger partial charge in [0.15, 0.2) is 5.58 Å². The molecule has 10 heteroatoms. The number of fused-ring (bicyclic) bond motifs is 1. The fourth-order valence-corrected chi connectivity index (χ4v) is 4.02. The van der Waals surface area contributed by atoms with Gasteiger partial charge in [-0.15, -0.1) is 0 Å². The molecule has 35 heavy (non-hydrogen) atoms. The van der Waals surface area contributed by atoms with Crippen LogP contribution in [0.3, 0.4) is 0 Å². The number of carbonyl (C=O) groups excluding carboxylic acids is 2. The van der Waals surface area contributed by atoms with E-state index < -0.39 is 17.6 Å². The number of piperidine rings is 1. The number of aromatic nitrogens is 1. The van der Waals surface area contributed by atoms with Gasteiger partial charge in [0.2, 0.25) is 5.89 Å². The van der Waals surface area contributed by atoms with Crippen molar-refractivity contribution in [2.75, 3.05) is 13.1 Å². The first-order valence-corrected chi connectivity index (χ1v) is 11.6. The third-order valence-corrected chi connectivity index (χ3v) is 5.80. The van der Waals surface area contributed by atoms with E-state index in [0.29, 0.717) is 21.7 Å². The normalized spacial score (nSPS) is 15.8. The lowest BCUT2D eigenvalue weighted by Crippen LogP contribution is -2.42. The van der Waals surface area contributed by atoms with Crippen molar-refractivity contribution >= 4 is 34.7 Å². The minimum absolute atomic E-state index is 0.0362. The van der Waals surface area contributed by atoms with Crippen LogP contribution < -0.4 is 5.32 Å². The van der Waals surface area contributed by atoms with E-state index in [-0.39, 0.29) is 44.3 Å². The first-order valence-electron chi connectivity index (χ1n) is 11.2. The van der Waals surface area contributed by atoms with E-state index in [9.17, 15) is 18.4 Å². The Kier molecular flexibility index (Phi) is 6.73. The zero-order valence-electron chi connectivity index (χ0n) is 19.7. The Bertz CT molecular complexity index is 1240. The molecule has 186 valence electrons. The molecule has 2 amide bonds. The van der Waals surface area contributed by atoms with Crippen molar-refractivity contribution in [3.8, 4) is 11.1 Å². The highest BCUT2D eigenvalue weighted by Crippen LogP contribution is 2.32. The van der Waals surface area contributed by atoms with Crippen LogP contribution in [0.25, 0.3) is 22.2 Å². The molecule has 1 fully saturated rings. The van der Waals surface area contributed by atoms with E-state index in [4.69, 9.17) is 20.8 Å². The smallest absolute Gasteiger partial charge is 0.408 e. The predicted molar refractivity (Wildman–Crippen MR) is 128 cm³/mol. The quantitative estimate of drug-likeness (QED) is 0.467. The maximum absolute atomic E-state index is 13.4. The number of rotatable bonds is 4. The number of ether oxygens (including phenoxy) is 1. The summed E-state index contributed by atoms with van der Waals surface area (Å²) in [5, 5.41) is 2.94. The van der Waals surface area contributed by atoms with Crippen LogP contribution in [0.15, 0.2) is 40.8 Å². The Morgan fingerprint density at radius 1 is 1.14 bits per heavy atom. The largest absolute Gasteiger partial charge is 0.444 e. The van der Waals surface area contributed by atoms with Gasteiger partial charge in [0.05, 0.1) is 11.6 Å². The topological polar surface area (TPSA) is 84.7 Å². The minimum Gasteiger partial charge on any atom is -0.444 e. The summed E-state index contributed by atoms with van der Waals surface area (Å²) in [6, 6.07) is 10.4. The van der Waals surface area contributed by atoms with Crippen LogP contribution >= 0.6 is 11.6 Å². The maximum atomic E-state index is 13.4. The zero-order valence-corrected chi connectivity index (χ0v) is 20.4. The number of nitrogens with zero attached hydrogens (tertiary/aromatic N) is 2. The van der Waals surface area contributed by atoms with Crippen LogP contribution in [0.5, 0.6) is 0 Å². The van der Waals surface area contributed by atoms with Crippen LogP contribution in [0, 0.1) is 0 Å². The Morgan fingerprint density at radius 3 is 2.43 bits per heavy atom. The molecular weight excluding hydrogens is 480 g/mol. The standard InChI is InChI=1S/C25H26ClF2N3O4/c1-24(2,3)35-23(33)29-14-20-30-19-13-17(12-18(26)21(19)34-20)15-4-6-16(7-5-15)22(32)31-10-8-25(27,28)9-11-31/h4-7,12-13H,8-11,14H2,1-3H3,(H,29,33). The lowest BCUT2D eigenvalue weighted by molar-refractivity contribution is -0.0494. The molecule has 0 aliphatic carbocycles. The van der Waals surface area contributed by atoms with E-state index in [1.165, 1.54) is 4.90 Å². The van der Waals surface area contributed by atoms with Crippen molar-refractivity contribution in [1.82, 2.24) is 15.2 Å². The molecule has 0 radical (unpaired) electrons. The summed E-state index contributed by atoms with van der Waals surface area (Å²) in [6.45, 7) is 5.42. The summed E-state index contributed by atoms with van der Waals surface area (Å²) in [6.07, 6.45) is -1.22. The monoisotopic (exact) mass is 505 g/mol. The summed E-state index contributed by atoms with van der Waals surface area (Å²) in [7, 11) is 0. The van der Waals surface area contributed by atoms with E-state index in [0.717, 1.165) is 11.1 Å². The van der Waals surface area contributed by atoms with Crippen molar-refractivity contribution in [3.05, 3.63) is 52.9 Å². The number of nitrogens with one attached hydrogen (secondary N) is 1. The van der Waals surface area contributed by atoms with Gasteiger partial charge in [-0.3, -0.25) is 4.79 Å². The van der Waals surface area contributed by atoms with Gasteiger partial charge in [0.1, 0.15) is 11.1 Å². The van der Waals surface area contributed by atoms with E-state index in [1.54, 1.807) is 57.2 Å². The van der Waals surface area contributed by atoms with E-state index in [1.807, 2.05) is 0 Å². The highest BCUT2D eigenvalue weighted by atomic mass is 35.5. The third kappa shape index (κ3) is 6.08. The molecule has 0 bridgehead atoms. The fraction of sp³-hybridized carbons (Fsp3) is 0.400. The number of amides is 2. The van der Waals surface area contributed by atoms with Crippen molar-refractivity contribution in [1.29, 1.82) is 0 Å². The van der Waals surface area contributed by atoms with Gasteiger partial charge in [-0.05, 0) is 56.2 Å². The molecule has 4 rings (SSSR count). The molecule has 1 saturated heterocycles. The number of hydrogen-bond acceptors (Lipinski definition) is 5. The van der Waals surface area contributed by atoms with Crippen LogP contribution in [-0.4, -0.2) is 46.5 Å². The average molecular weight is 506 g/mol. The molecule has 1 aliphatic heterocycles. The van der Waals surface area contributed by atoms with Crippen molar-refractivity contribution in [2.24, 2.45) is 0 Å². The summed E-state index contributed by atoms with van der Waals surface area (Å²) < 4.78 is 37.7. The SMILES string of the molecule is CC(C)(C)OC(=O)NCc1nc2cc(-c3ccc(C(=O)N4CCC(F)(F)CC4)cc3)cc(Cl)c2o1. The van der Waals surface area contributed by atoms with Crippen molar-refractivity contribution in [3.63, 3.8) is 0 Å². The van der Waals surface area contributed by atoms with Crippen LogP contribution in [0.4, 0.5) is 13.6 Å². The summed E-state index contributed by atoms with van der Waals surface area (Å²) in [5.41, 5.74) is 2.29. The second-order valence-corrected chi connectivity index (χ2v) is 9.90. The number of benzene rings is 2. The summed E-state index contributed by atoms with van der Waals surface area (Å²) in [5.74, 6) is -2.69. The molecule has 3 aromatic rings. The number of carbonyl (C=O) groups is 2.